The van der Waals surface area contributed by atoms with Crippen LogP contribution in [0.4, 0.5) is 19.2 Å². The third-order valence-corrected chi connectivity index (χ3v) is 4.65. The Morgan fingerprint density at radius 1 is 1.25 bits per heavy atom. The number of hydrogen-bond acceptors (Lipinski definition) is 4. The average molecular weight is 339 g/mol. The summed E-state index contributed by atoms with van der Waals surface area (Å²) in [6.07, 6.45) is -0.544. The Labute approximate surface area is 136 Å². The molecule has 1 aromatic heterocycles. The second kappa shape index (κ2) is 5.39. The van der Waals surface area contributed by atoms with Gasteiger partial charge in [0.25, 0.3) is 11.9 Å². The lowest BCUT2D eigenvalue weighted by molar-refractivity contribution is -0.142. The Balaban J connectivity index is 1.38. The SMILES string of the molecule is O=C(C1CN(c2nc3ccc(F)cc3o2)C1)N1CCC(F)(F)CC1. The molecule has 0 aliphatic carbocycles. The Bertz CT molecular complexity index is 776. The number of piperidine rings is 1. The van der Waals surface area contributed by atoms with Crippen LogP contribution in [0.2, 0.25) is 0 Å². The number of anilines is 1. The number of nitrogens with zero attached hydrogens (tertiary/aromatic N) is 3. The number of fused-ring (bicyclic) bond motifs is 1. The second-order valence-electron chi connectivity index (χ2n) is 6.39. The highest BCUT2D eigenvalue weighted by Crippen LogP contribution is 2.32. The van der Waals surface area contributed by atoms with Crippen molar-refractivity contribution in [3.05, 3.63) is 24.0 Å². The molecule has 4 rings (SSSR count). The van der Waals surface area contributed by atoms with Crippen molar-refractivity contribution in [3.63, 3.8) is 0 Å². The minimum atomic E-state index is -2.66. The van der Waals surface area contributed by atoms with Crippen molar-refractivity contribution >= 4 is 23.0 Å². The molecule has 2 aromatic rings. The lowest BCUT2D eigenvalue weighted by Gasteiger charge is -2.41. The zero-order chi connectivity index (χ0) is 16.9. The van der Waals surface area contributed by atoms with Gasteiger partial charge >= 0.3 is 0 Å². The quantitative estimate of drug-likeness (QED) is 0.844. The van der Waals surface area contributed by atoms with E-state index in [1.807, 2.05) is 0 Å². The number of amides is 1. The largest absolute Gasteiger partial charge is 0.423 e. The summed E-state index contributed by atoms with van der Waals surface area (Å²) in [6, 6.07) is 4.46. The van der Waals surface area contributed by atoms with E-state index in [4.69, 9.17) is 4.42 Å². The van der Waals surface area contributed by atoms with Crippen LogP contribution in [0.5, 0.6) is 0 Å². The van der Waals surface area contributed by atoms with Crippen LogP contribution in [0.3, 0.4) is 0 Å². The molecule has 2 aliphatic heterocycles. The summed E-state index contributed by atoms with van der Waals surface area (Å²) >= 11 is 0. The Hall–Kier alpha value is -2.25. The lowest BCUT2D eigenvalue weighted by atomic mass is 9.97. The van der Waals surface area contributed by atoms with Gasteiger partial charge in [-0.3, -0.25) is 4.79 Å². The summed E-state index contributed by atoms with van der Waals surface area (Å²) in [7, 11) is 0. The van der Waals surface area contributed by atoms with Crippen LogP contribution in [0.25, 0.3) is 11.1 Å². The minimum Gasteiger partial charge on any atom is -0.423 e. The van der Waals surface area contributed by atoms with Crippen molar-refractivity contribution in [2.75, 3.05) is 31.1 Å². The van der Waals surface area contributed by atoms with E-state index in [0.29, 0.717) is 30.2 Å². The summed E-state index contributed by atoms with van der Waals surface area (Å²) < 4.78 is 45.0. The first-order valence-electron chi connectivity index (χ1n) is 7.89. The number of alkyl halides is 2. The fraction of sp³-hybridized carbons (Fsp3) is 0.500. The van der Waals surface area contributed by atoms with E-state index >= 15 is 0 Å². The molecule has 8 heteroatoms. The van der Waals surface area contributed by atoms with Gasteiger partial charge in [0.1, 0.15) is 11.3 Å². The van der Waals surface area contributed by atoms with Gasteiger partial charge in [-0.25, -0.2) is 13.2 Å². The average Bonchev–Trinajstić information content (AvgIpc) is 2.87. The van der Waals surface area contributed by atoms with Crippen molar-refractivity contribution in [2.24, 2.45) is 5.92 Å². The topological polar surface area (TPSA) is 49.6 Å². The molecule has 0 bridgehead atoms. The van der Waals surface area contributed by atoms with E-state index in [2.05, 4.69) is 4.98 Å². The van der Waals surface area contributed by atoms with Crippen molar-refractivity contribution in [1.82, 2.24) is 9.88 Å². The number of hydrogen-bond donors (Lipinski definition) is 0. The zero-order valence-electron chi connectivity index (χ0n) is 12.8. The van der Waals surface area contributed by atoms with E-state index in [9.17, 15) is 18.0 Å². The Kier molecular flexibility index (Phi) is 3.43. The fourth-order valence-corrected chi connectivity index (χ4v) is 3.12. The monoisotopic (exact) mass is 339 g/mol. The van der Waals surface area contributed by atoms with Crippen LogP contribution in [0, 0.1) is 11.7 Å². The predicted molar refractivity (Wildman–Crippen MR) is 80.4 cm³/mol. The first kappa shape index (κ1) is 15.3. The molecule has 0 atom stereocenters. The highest BCUT2D eigenvalue weighted by Gasteiger charge is 2.41. The maximum atomic E-state index is 13.2. The number of oxazole rings is 1. The molecule has 2 aliphatic rings. The molecule has 2 fully saturated rings. The smallest absolute Gasteiger partial charge is 0.298 e. The van der Waals surface area contributed by atoms with Gasteiger partial charge in [-0.2, -0.15) is 4.98 Å². The molecule has 0 saturated carbocycles. The minimum absolute atomic E-state index is 0.0936. The summed E-state index contributed by atoms with van der Waals surface area (Å²) in [5.41, 5.74) is 0.914. The summed E-state index contributed by atoms with van der Waals surface area (Å²) in [5.74, 6) is -3.38. The van der Waals surface area contributed by atoms with Crippen LogP contribution >= 0.6 is 0 Å². The van der Waals surface area contributed by atoms with Crippen molar-refractivity contribution in [2.45, 2.75) is 18.8 Å². The molecule has 5 nitrogen and oxygen atoms in total. The van der Waals surface area contributed by atoms with Crippen molar-refractivity contribution in [1.29, 1.82) is 0 Å². The highest BCUT2D eigenvalue weighted by molar-refractivity contribution is 5.82. The van der Waals surface area contributed by atoms with E-state index in [-0.39, 0.29) is 37.8 Å². The second-order valence-corrected chi connectivity index (χ2v) is 6.39. The molecule has 0 radical (unpaired) electrons. The first-order chi connectivity index (χ1) is 11.4. The van der Waals surface area contributed by atoms with Gasteiger partial charge in [0.05, 0.1) is 5.92 Å². The van der Waals surface area contributed by atoms with Crippen LogP contribution in [0.15, 0.2) is 22.6 Å². The fourth-order valence-electron chi connectivity index (χ4n) is 3.12. The third kappa shape index (κ3) is 2.70. The summed E-state index contributed by atoms with van der Waals surface area (Å²) in [6.45, 7) is 1.07. The number of carbonyl (C=O) groups is 1. The lowest BCUT2D eigenvalue weighted by Crippen LogP contribution is -2.56. The zero-order valence-corrected chi connectivity index (χ0v) is 12.8. The number of benzene rings is 1. The van der Waals surface area contributed by atoms with Gasteiger partial charge in [-0.15, -0.1) is 0 Å². The van der Waals surface area contributed by atoms with Crippen LogP contribution in [0.1, 0.15) is 12.8 Å². The molecule has 2 saturated heterocycles. The van der Waals surface area contributed by atoms with Gasteiger partial charge < -0.3 is 14.2 Å². The first-order valence-corrected chi connectivity index (χ1v) is 7.89. The van der Waals surface area contributed by atoms with E-state index in [0.717, 1.165) is 0 Å². The number of carbonyl (C=O) groups excluding carboxylic acids is 1. The number of likely N-dealkylation sites (tertiary alicyclic amines) is 1. The van der Waals surface area contributed by atoms with Gasteiger partial charge in [0, 0.05) is 45.1 Å². The molecule has 24 heavy (non-hydrogen) atoms. The van der Waals surface area contributed by atoms with Gasteiger partial charge in [0.2, 0.25) is 5.91 Å². The molecule has 1 aromatic carbocycles. The third-order valence-electron chi connectivity index (χ3n) is 4.65. The standard InChI is InChI=1S/C16H16F3N3O2/c17-11-1-2-12-13(7-11)24-15(20-12)22-8-10(9-22)14(23)21-5-3-16(18,19)4-6-21/h1-2,7,10H,3-6,8-9H2. The predicted octanol–water partition coefficient (Wildman–Crippen LogP) is 2.66. The van der Waals surface area contributed by atoms with Crippen molar-refractivity contribution in [3.8, 4) is 0 Å². The maximum absolute atomic E-state index is 13.2. The normalized spacial score (nSPS) is 21.1. The molecule has 0 spiro atoms. The van der Waals surface area contributed by atoms with Crippen LogP contribution in [-0.2, 0) is 4.79 Å². The number of aromatic nitrogens is 1. The van der Waals surface area contributed by atoms with E-state index in [1.54, 1.807) is 4.90 Å². The molecule has 128 valence electrons. The summed E-state index contributed by atoms with van der Waals surface area (Å²) in [5, 5.41) is 0. The maximum Gasteiger partial charge on any atom is 0.298 e. The van der Waals surface area contributed by atoms with E-state index in [1.165, 1.54) is 23.1 Å². The van der Waals surface area contributed by atoms with Gasteiger partial charge in [0.15, 0.2) is 5.58 Å². The highest BCUT2D eigenvalue weighted by atomic mass is 19.3. The van der Waals surface area contributed by atoms with Gasteiger partial charge in [-0.1, -0.05) is 0 Å². The Morgan fingerprint density at radius 2 is 1.96 bits per heavy atom. The van der Waals surface area contributed by atoms with Crippen molar-refractivity contribution < 1.29 is 22.4 Å². The number of rotatable bonds is 2. The van der Waals surface area contributed by atoms with E-state index < -0.39 is 11.7 Å². The molecular weight excluding hydrogens is 323 g/mol. The van der Waals surface area contributed by atoms with Crippen LogP contribution < -0.4 is 4.90 Å². The summed E-state index contributed by atoms with van der Waals surface area (Å²) in [4.78, 5) is 19.9. The molecule has 3 heterocycles. The molecular formula is C16H16F3N3O2. The number of halogens is 3. The van der Waals surface area contributed by atoms with Crippen LogP contribution in [-0.4, -0.2) is 47.9 Å². The molecule has 1 amide bonds. The molecule has 0 unspecified atom stereocenters. The molecule has 0 N–H and O–H groups in total. The van der Waals surface area contributed by atoms with Gasteiger partial charge in [-0.05, 0) is 12.1 Å². The Morgan fingerprint density at radius 3 is 2.67 bits per heavy atom.